The van der Waals surface area contributed by atoms with Crippen molar-refractivity contribution in [3.63, 3.8) is 0 Å². The third kappa shape index (κ3) is 5.54. The summed E-state index contributed by atoms with van der Waals surface area (Å²) < 4.78 is 13.3. The molecule has 4 rings (SSSR count). The standard InChI is InChI=1S/C26H25FN4O3/c27-19-7-5-18(6-8-19)24-15-25(31-30-24)22-9-4-17(16-33)13-23(22)26(34)29-21(10-12-32)14-20-3-1-2-11-28-20/h1-9,11,13,15,21,32-33H,10,12,14,16H2,(H,29,34)(H,30,31)/t21-/m0/s1. The zero-order chi connectivity index (χ0) is 23.9. The van der Waals surface area contributed by atoms with Gasteiger partial charge in [-0.05, 0) is 60.5 Å². The van der Waals surface area contributed by atoms with Crippen LogP contribution in [-0.2, 0) is 13.0 Å². The van der Waals surface area contributed by atoms with Crippen molar-refractivity contribution in [1.82, 2.24) is 20.5 Å². The number of aromatic amines is 1. The molecule has 34 heavy (non-hydrogen) atoms. The molecule has 1 amide bonds. The van der Waals surface area contributed by atoms with Crippen LogP contribution < -0.4 is 5.32 Å². The second kappa shape index (κ2) is 10.8. The van der Waals surface area contributed by atoms with Gasteiger partial charge >= 0.3 is 0 Å². The van der Waals surface area contributed by atoms with E-state index in [4.69, 9.17) is 0 Å². The Balaban J connectivity index is 1.62. The summed E-state index contributed by atoms with van der Waals surface area (Å²) in [6.45, 7) is -0.290. The van der Waals surface area contributed by atoms with Gasteiger partial charge in [0.25, 0.3) is 5.91 Å². The minimum atomic E-state index is -0.336. The Labute approximate surface area is 196 Å². The number of pyridine rings is 1. The first kappa shape index (κ1) is 23.3. The van der Waals surface area contributed by atoms with Gasteiger partial charge in [0, 0.05) is 47.7 Å². The van der Waals surface area contributed by atoms with Gasteiger partial charge in [0.15, 0.2) is 0 Å². The first-order valence-electron chi connectivity index (χ1n) is 10.9. The van der Waals surface area contributed by atoms with Gasteiger partial charge < -0.3 is 15.5 Å². The Bertz CT molecular complexity index is 1240. The van der Waals surface area contributed by atoms with Crippen LogP contribution in [0.5, 0.6) is 0 Å². The van der Waals surface area contributed by atoms with E-state index in [1.54, 1.807) is 42.6 Å². The lowest BCUT2D eigenvalue weighted by molar-refractivity contribution is 0.0930. The van der Waals surface area contributed by atoms with E-state index in [2.05, 4.69) is 20.5 Å². The summed E-state index contributed by atoms with van der Waals surface area (Å²) in [5.74, 6) is -0.668. The van der Waals surface area contributed by atoms with Gasteiger partial charge in [-0.25, -0.2) is 4.39 Å². The fourth-order valence-corrected chi connectivity index (χ4v) is 3.76. The molecule has 2 heterocycles. The van der Waals surface area contributed by atoms with E-state index in [0.717, 1.165) is 11.3 Å². The van der Waals surface area contributed by atoms with Crippen LogP contribution in [0.2, 0.25) is 0 Å². The first-order chi connectivity index (χ1) is 16.6. The van der Waals surface area contributed by atoms with Crippen molar-refractivity contribution in [2.24, 2.45) is 0 Å². The number of H-pyrrole nitrogens is 1. The highest BCUT2D eigenvalue weighted by Gasteiger charge is 2.20. The number of benzene rings is 2. The topological polar surface area (TPSA) is 111 Å². The average Bonchev–Trinajstić information content (AvgIpc) is 3.35. The van der Waals surface area contributed by atoms with E-state index in [9.17, 15) is 19.4 Å². The summed E-state index contributed by atoms with van der Waals surface area (Å²) in [5.41, 5.74) is 4.33. The molecular weight excluding hydrogens is 435 g/mol. The smallest absolute Gasteiger partial charge is 0.252 e. The number of rotatable bonds is 9. The number of aliphatic hydroxyl groups excluding tert-OH is 2. The second-order valence-corrected chi connectivity index (χ2v) is 7.92. The van der Waals surface area contributed by atoms with Crippen molar-refractivity contribution in [3.8, 4) is 22.5 Å². The predicted molar refractivity (Wildman–Crippen MR) is 126 cm³/mol. The van der Waals surface area contributed by atoms with Gasteiger partial charge in [0.2, 0.25) is 0 Å². The van der Waals surface area contributed by atoms with E-state index in [1.807, 2.05) is 18.2 Å². The summed E-state index contributed by atoms with van der Waals surface area (Å²) in [7, 11) is 0. The lowest BCUT2D eigenvalue weighted by Gasteiger charge is -2.19. The summed E-state index contributed by atoms with van der Waals surface area (Å²) >= 11 is 0. The molecule has 0 unspecified atom stereocenters. The molecule has 0 aliphatic rings. The number of aliphatic hydroxyl groups is 2. The third-order valence-electron chi connectivity index (χ3n) is 5.51. The van der Waals surface area contributed by atoms with Gasteiger partial charge in [-0.2, -0.15) is 5.10 Å². The van der Waals surface area contributed by atoms with Gasteiger partial charge in [-0.3, -0.25) is 14.9 Å². The second-order valence-electron chi connectivity index (χ2n) is 7.92. The fraction of sp³-hybridized carbons (Fsp3) is 0.192. The van der Waals surface area contributed by atoms with Crippen LogP contribution in [0.3, 0.4) is 0 Å². The van der Waals surface area contributed by atoms with Crippen molar-refractivity contribution < 1.29 is 19.4 Å². The van der Waals surface area contributed by atoms with Gasteiger partial charge in [-0.15, -0.1) is 0 Å². The molecule has 174 valence electrons. The van der Waals surface area contributed by atoms with Crippen LogP contribution >= 0.6 is 0 Å². The number of aromatic nitrogens is 3. The number of nitrogens with zero attached hydrogens (tertiary/aromatic N) is 2. The van der Waals surface area contributed by atoms with E-state index < -0.39 is 0 Å². The minimum absolute atomic E-state index is 0.0805. The molecule has 0 spiro atoms. The number of amides is 1. The number of nitrogens with one attached hydrogen (secondary N) is 2. The molecule has 0 saturated carbocycles. The Morgan fingerprint density at radius 3 is 2.59 bits per heavy atom. The third-order valence-corrected chi connectivity index (χ3v) is 5.51. The fourth-order valence-electron chi connectivity index (χ4n) is 3.76. The molecule has 0 aliphatic carbocycles. The van der Waals surface area contributed by atoms with Crippen molar-refractivity contribution in [1.29, 1.82) is 0 Å². The Kier molecular flexibility index (Phi) is 7.41. The molecule has 0 bridgehead atoms. The van der Waals surface area contributed by atoms with Crippen molar-refractivity contribution in [2.45, 2.75) is 25.5 Å². The first-order valence-corrected chi connectivity index (χ1v) is 10.9. The number of hydrogen-bond donors (Lipinski definition) is 4. The van der Waals surface area contributed by atoms with Crippen molar-refractivity contribution in [3.05, 3.63) is 95.6 Å². The summed E-state index contributed by atoms with van der Waals surface area (Å²) in [6.07, 6.45) is 2.53. The molecular formula is C26H25FN4O3. The Hall–Kier alpha value is -3.88. The quantitative estimate of drug-likeness (QED) is 0.306. The monoisotopic (exact) mass is 460 g/mol. The molecule has 4 aromatic rings. The number of carbonyl (C=O) groups excluding carboxylic acids is 1. The molecule has 0 aliphatic heterocycles. The summed E-state index contributed by atoms with van der Waals surface area (Å²) in [4.78, 5) is 17.6. The maximum Gasteiger partial charge on any atom is 0.252 e. The zero-order valence-corrected chi connectivity index (χ0v) is 18.4. The molecule has 2 aromatic heterocycles. The maximum atomic E-state index is 13.3. The van der Waals surface area contributed by atoms with Gasteiger partial charge in [0.05, 0.1) is 18.0 Å². The van der Waals surface area contributed by atoms with Crippen LogP contribution in [0, 0.1) is 5.82 Å². The summed E-state index contributed by atoms with van der Waals surface area (Å²) in [6, 6.07) is 18.2. The molecule has 7 nitrogen and oxygen atoms in total. The highest BCUT2D eigenvalue weighted by atomic mass is 19.1. The van der Waals surface area contributed by atoms with Crippen LogP contribution in [-0.4, -0.2) is 44.0 Å². The predicted octanol–water partition coefficient (Wildman–Crippen LogP) is 3.49. The molecule has 4 N–H and O–H groups in total. The molecule has 1 atom stereocenters. The number of halogens is 1. The van der Waals surface area contributed by atoms with E-state index in [1.165, 1.54) is 12.1 Å². The van der Waals surface area contributed by atoms with Crippen LogP contribution in [0.1, 0.15) is 28.0 Å². The van der Waals surface area contributed by atoms with Crippen LogP contribution in [0.4, 0.5) is 4.39 Å². The van der Waals surface area contributed by atoms with Crippen molar-refractivity contribution in [2.75, 3.05) is 6.61 Å². The molecule has 0 saturated heterocycles. The Morgan fingerprint density at radius 1 is 1.06 bits per heavy atom. The number of carbonyl (C=O) groups is 1. The van der Waals surface area contributed by atoms with Gasteiger partial charge in [0.1, 0.15) is 5.82 Å². The molecule has 0 radical (unpaired) electrons. The minimum Gasteiger partial charge on any atom is -0.396 e. The highest BCUT2D eigenvalue weighted by Crippen LogP contribution is 2.28. The average molecular weight is 461 g/mol. The van der Waals surface area contributed by atoms with E-state index in [-0.39, 0.29) is 31.0 Å². The Morgan fingerprint density at radius 2 is 1.88 bits per heavy atom. The largest absolute Gasteiger partial charge is 0.396 e. The zero-order valence-electron chi connectivity index (χ0n) is 18.4. The molecule has 0 fully saturated rings. The van der Waals surface area contributed by atoms with Gasteiger partial charge in [-0.1, -0.05) is 18.2 Å². The molecule has 8 heteroatoms. The lowest BCUT2D eigenvalue weighted by atomic mass is 9.99. The van der Waals surface area contributed by atoms with Crippen LogP contribution in [0.25, 0.3) is 22.5 Å². The van der Waals surface area contributed by atoms with Crippen LogP contribution in [0.15, 0.2) is 72.9 Å². The van der Waals surface area contributed by atoms with E-state index in [0.29, 0.717) is 40.9 Å². The lowest BCUT2D eigenvalue weighted by Crippen LogP contribution is -2.37. The normalized spacial score (nSPS) is 11.9. The summed E-state index contributed by atoms with van der Waals surface area (Å²) in [5, 5.41) is 29.4. The maximum absolute atomic E-state index is 13.3. The van der Waals surface area contributed by atoms with E-state index >= 15 is 0 Å². The molecule has 2 aromatic carbocycles. The van der Waals surface area contributed by atoms with Crippen molar-refractivity contribution >= 4 is 5.91 Å². The highest BCUT2D eigenvalue weighted by molar-refractivity contribution is 6.01. The number of hydrogen-bond acceptors (Lipinski definition) is 5. The SMILES string of the molecule is O=C(N[C@@H](CCO)Cc1ccccn1)c1cc(CO)ccc1-c1cc(-c2ccc(F)cc2)n[nH]1.